The first-order valence-electron chi connectivity index (χ1n) is 8.13. The van der Waals surface area contributed by atoms with Gasteiger partial charge in [-0.3, -0.25) is 4.79 Å². The normalized spacial score (nSPS) is 16.8. The number of carbonyl (C=O) groups is 1. The van der Waals surface area contributed by atoms with Crippen LogP contribution in [0.4, 0.5) is 0 Å². The Morgan fingerprint density at radius 3 is 2.38 bits per heavy atom. The third-order valence-corrected chi connectivity index (χ3v) is 6.42. The number of hydrogen-bond donors (Lipinski definition) is 0. The van der Waals surface area contributed by atoms with Crippen LogP contribution in [-0.4, -0.2) is 45.5 Å². The van der Waals surface area contributed by atoms with E-state index < -0.39 is 10.0 Å². The quantitative estimate of drug-likeness (QED) is 0.758. The van der Waals surface area contributed by atoms with Crippen LogP contribution in [-0.2, 0) is 19.6 Å². The van der Waals surface area contributed by atoms with E-state index in [0.29, 0.717) is 43.9 Å². The van der Waals surface area contributed by atoms with Gasteiger partial charge in [0.2, 0.25) is 10.0 Å². The Kier molecular flexibility index (Phi) is 5.87. The average Bonchev–Trinajstić information content (AvgIpc) is 2.55. The summed E-state index contributed by atoms with van der Waals surface area (Å²) in [7, 11) is -2.08. The minimum Gasteiger partial charge on any atom is -0.496 e. The molecule has 0 atom stereocenters. The Labute approximate surface area is 143 Å². The third kappa shape index (κ3) is 3.72. The molecule has 1 aliphatic heterocycles. The number of piperidine rings is 1. The van der Waals surface area contributed by atoms with E-state index in [1.807, 2.05) is 13.0 Å². The zero-order chi connectivity index (χ0) is 17.9. The lowest BCUT2D eigenvalue weighted by Gasteiger charge is -2.30. The van der Waals surface area contributed by atoms with Gasteiger partial charge in [-0.15, -0.1) is 0 Å². The van der Waals surface area contributed by atoms with Gasteiger partial charge in [0.25, 0.3) is 0 Å². The number of methoxy groups -OCH3 is 1. The van der Waals surface area contributed by atoms with Crippen LogP contribution in [0.15, 0.2) is 17.0 Å². The molecule has 0 N–H and O–H groups in total. The molecular formula is C17H25NO5S. The summed E-state index contributed by atoms with van der Waals surface area (Å²) in [5, 5.41) is 0. The summed E-state index contributed by atoms with van der Waals surface area (Å²) in [5.74, 6) is 0.105. The Balaban J connectivity index is 2.19. The van der Waals surface area contributed by atoms with E-state index in [-0.39, 0.29) is 16.8 Å². The van der Waals surface area contributed by atoms with Crippen molar-refractivity contribution in [2.24, 2.45) is 5.92 Å². The van der Waals surface area contributed by atoms with Gasteiger partial charge < -0.3 is 9.47 Å². The van der Waals surface area contributed by atoms with Crippen molar-refractivity contribution in [2.75, 3.05) is 26.8 Å². The number of esters is 1. The molecule has 0 spiro atoms. The Hall–Kier alpha value is -1.60. The summed E-state index contributed by atoms with van der Waals surface area (Å²) in [5.41, 5.74) is 1.59. The van der Waals surface area contributed by atoms with E-state index >= 15 is 0 Å². The van der Waals surface area contributed by atoms with Crippen molar-refractivity contribution in [2.45, 2.75) is 38.5 Å². The number of rotatable bonds is 5. The SMILES string of the molecule is CCOC(=O)C1CCN(S(=O)(=O)c2cc(OC)c(C)cc2C)CC1. The van der Waals surface area contributed by atoms with Gasteiger partial charge in [-0.25, -0.2) is 8.42 Å². The zero-order valence-electron chi connectivity index (χ0n) is 14.7. The summed E-state index contributed by atoms with van der Waals surface area (Å²) in [6.45, 7) is 6.42. The van der Waals surface area contributed by atoms with Crippen LogP contribution < -0.4 is 4.74 Å². The monoisotopic (exact) mass is 355 g/mol. The highest BCUT2D eigenvalue weighted by Gasteiger charge is 2.33. The molecule has 0 radical (unpaired) electrons. The van der Waals surface area contributed by atoms with Crippen molar-refractivity contribution < 1.29 is 22.7 Å². The van der Waals surface area contributed by atoms with Gasteiger partial charge in [-0.1, -0.05) is 6.07 Å². The van der Waals surface area contributed by atoms with Crippen LogP contribution >= 0.6 is 0 Å². The molecule has 6 nitrogen and oxygen atoms in total. The lowest BCUT2D eigenvalue weighted by atomic mass is 9.98. The fourth-order valence-electron chi connectivity index (χ4n) is 3.04. The maximum Gasteiger partial charge on any atom is 0.309 e. The number of hydrogen-bond acceptors (Lipinski definition) is 5. The van der Waals surface area contributed by atoms with Gasteiger partial charge >= 0.3 is 5.97 Å². The van der Waals surface area contributed by atoms with Gasteiger partial charge in [0.05, 0.1) is 24.5 Å². The topological polar surface area (TPSA) is 72.9 Å². The van der Waals surface area contributed by atoms with E-state index in [9.17, 15) is 13.2 Å². The maximum atomic E-state index is 12.9. The summed E-state index contributed by atoms with van der Waals surface area (Å²) >= 11 is 0. The molecule has 0 amide bonds. The predicted octanol–water partition coefficient (Wildman–Crippen LogP) is 2.28. The largest absolute Gasteiger partial charge is 0.496 e. The molecule has 1 saturated heterocycles. The zero-order valence-corrected chi connectivity index (χ0v) is 15.5. The van der Waals surface area contributed by atoms with Gasteiger partial charge in [-0.05, 0) is 44.7 Å². The van der Waals surface area contributed by atoms with Gasteiger partial charge in [0.15, 0.2) is 0 Å². The highest BCUT2D eigenvalue weighted by Crippen LogP contribution is 2.30. The lowest BCUT2D eigenvalue weighted by molar-refractivity contribution is -0.149. The second-order valence-electron chi connectivity index (χ2n) is 6.02. The van der Waals surface area contributed by atoms with Gasteiger partial charge in [-0.2, -0.15) is 4.31 Å². The predicted molar refractivity (Wildman–Crippen MR) is 90.6 cm³/mol. The number of sulfonamides is 1. The van der Waals surface area contributed by atoms with Crippen molar-refractivity contribution >= 4 is 16.0 Å². The van der Waals surface area contributed by atoms with Crippen LogP contribution in [0.3, 0.4) is 0 Å². The second kappa shape index (κ2) is 7.53. The lowest BCUT2D eigenvalue weighted by Crippen LogP contribution is -2.40. The number of aryl methyl sites for hydroxylation is 2. The molecule has 7 heteroatoms. The van der Waals surface area contributed by atoms with Gasteiger partial charge in [0, 0.05) is 19.2 Å². The molecule has 134 valence electrons. The van der Waals surface area contributed by atoms with Crippen LogP contribution in [0.1, 0.15) is 30.9 Å². The first-order valence-corrected chi connectivity index (χ1v) is 9.57. The average molecular weight is 355 g/mol. The number of nitrogens with zero attached hydrogens (tertiary/aromatic N) is 1. The molecule has 0 unspecified atom stereocenters. The minimum absolute atomic E-state index is 0.218. The summed E-state index contributed by atoms with van der Waals surface area (Å²) < 4.78 is 37.6. The summed E-state index contributed by atoms with van der Waals surface area (Å²) in [6, 6.07) is 3.40. The van der Waals surface area contributed by atoms with E-state index in [1.165, 1.54) is 11.4 Å². The molecule has 0 saturated carbocycles. The van der Waals surface area contributed by atoms with Crippen LogP contribution in [0.25, 0.3) is 0 Å². The molecule has 0 bridgehead atoms. The standard InChI is InChI=1S/C17H25NO5S/c1-5-23-17(19)14-6-8-18(9-7-14)24(20,21)16-11-15(22-4)12(2)10-13(16)3/h10-11,14H,5-9H2,1-4H3. The van der Waals surface area contributed by atoms with Crippen molar-refractivity contribution in [3.8, 4) is 5.75 Å². The van der Waals surface area contributed by atoms with Crippen LogP contribution in [0, 0.1) is 19.8 Å². The van der Waals surface area contributed by atoms with Crippen LogP contribution in [0.2, 0.25) is 0 Å². The third-order valence-electron chi connectivity index (χ3n) is 4.38. The Morgan fingerprint density at radius 2 is 1.83 bits per heavy atom. The first-order chi connectivity index (χ1) is 11.3. The molecular weight excluding hydrogens is 330 g/mol. The second-order valence-corrected chi connectivity index (χ2v) is 7.92. The number of ether oxygens (including phenoxy) is 2. The Bertz CT molecular complexity index is 706. The molecule has 1 aromatic rings. The molecule has 1 heterocycles. The molecule has 0 aromatic heterocycles. The molecule has 1 fully saturated rings. The Morgan fingerprint density at radius 1 is 1.21 bits per heavy atom. The molecule has 0 aliphatic carbocycles. The number of carbonyl (C=O) groups excluding carboxylic acids is 1. The van der Waals surface area contributed by atoms with E-state index in [0.717, 1.165) is 5.56 Å². The molecule has 1 aliphatic rings. The summed E-state index contributed by atoms with van der Waals surface area (Å²) in [4.78, 5) is 12.1. The minimum atomic E-state index is -3.60. The van der Waals surface area contributed by atoms with Crippen molar-refractivity contribution in [1.29, 1.82) is 0 Å². The highest BCUT2D eigenvalue weighted by atomic mass is 32.2. The fraction of sp³-hybridized carbons (Fsp3) is 0.588. The molecule has 2 rings (SSSR count). The maximum absolute atomic E-state index is 12.9. The number of benzene rings is 1. The fourth-order valence-corrected chi connectivity index (χ4v) is 4.73. The van der Waals surface area contributed by atoms with E-state index in [4.69, 9.17) is 9.47 Å². The molecule has 1 aromatic carbocycles. The molecule has 24 heavy (non-hydrogen) atoms. The van der Waals surface area contributed by atoms with E-state index in [2.05, 4.69) is 0 Å². The summed E-state index contributed by atoms with van der Waals surface area (Å²) in [6.07, 6.45) is 0.972. The van der Waals surface area contributed by atoms with Crippen molar-refractivity contribution in [1.82, 2.24) is 4.31 Å². The first kappa shape index (κ1) is 18.7. The van der Waals surface area contributed by atoms with Crippen molar-refractivity contribution in [3.05, 3.63) is 23.3 Å². The van der Waals surface area contributed by atoms with E-state index in [1.54, 1.807) is 19.9 Å². The smallest absolute Gasteiger partial charge is 0.309 e. The van der Waals surface area contributed by atoms with Crippen molar-refractivity contribution in [3.63, 3.8) is 0 Å². The highest BCUT2D eigenvalue weighted by molar-refractivity contribution is 7.89. The van der Waals surface area contributed by atoms with Crippen LogP contribution in [0.5, 0.6) is 5.75 Å². The van der Waals surface area contributed by atoms with Gasteiger partial charge in [0.1, 0.15) is 5.75 Å².